The van der Waals surface area contributed by atoms with Crippen LogP contribution in [0.25, 0.3) is 0 Å². The molecular weight excluding hydrogens is 346 g/mol. The molecule has 2 aliphatic heterocycles. The number of ether oxygens (including phenoxy) is 2. The maximum atomic E-state index is 10.0. The molecule has 0 spiro atoms. The van der Waals surface area contributed by atoms with Crippen molar-refractivity contribution in [3.8, 4) is 0 Å². The topological polar surface area (TPSA) is 143 Å². The van der Waals surface area contributed by atoms with Crippen LogP contribution in [-0.4, -0.2) is 111 Å². The molecule has 2 aliphatic rings. The predicted octanol–water partition coefficient (Wildman–Crippen LogP) is -2.96. The van der Waals surface area contributed by atoms with Crippen LogP contribution < -0.4 is 0 Å². The normalized spacial score (nSPS) is 47.2. The largest absolute Gasteiger partial charge is 0.389 e. The van der Waals surface area contributed by atoms with Gasteiger partial charge in [0.05, 0.1) is 18.3 Å². The van der Waals surface area contributed by atoms with E-state index in [9.17, 15) is 30.6 Å². The Balaban J connectivity index is 0.00000288. The van der Waals surface area contributed by atoms with Crippen molar-refractivity contribution in [2.75, 3.05) is 20.2 Å². The van der Waals surface area contributed by atoms with Crippen LogP contribution in [0.2, 0.25) is 0 Å². The first-order valence-corrected chi connectivity index (χ1v) is 7.78. The van der Waals surface area contributed by atoms with Gasteiger partial charge in [-0.05, 0) is 13.3 Å². The summed E-state index contributed by atoms with van der Waals surface area (Å²) < 4.78 is 10.4. The highest BCUT2D eigenvalue weighted by Crippen LogP contribution is 2.25. The molecule has 2 fully saturated rings. The van der Waals surface area contributed by atoms with Crippen LogP contribution in [0.5, 0.6) is 0 Å². The third-order valence-electron chi connectivity index (χ3n) is 4.84. The Bertz CT molecular complexity index is 390. The summed E-state index contributed by atoms with van der Waals surface area (Å²) in [6.45, 7) is 2.28. The highest BCUT2D eigenvalue weighted by molar-refractivity contribution is 5.85. The van der Waals surface area contributed by atoms with E-state index in [1.165, 1.54) is 7.11 Å². The summed E-state index contributed by atoms with van der Waals surface area (Å²) in [4.78, 5) is 1.78. The van der Waals surface area contributed by atoms with Crippen molar-refractivity contribution in [3.63, 3.8) is 0 Å². The van der Waals surface area contributed by atoms with E-state index in [4.69, 9.17) is 9.47 Å². The van der Waals surface area contributed by atoms with E-state index >= 15 is 0 Å². The van der Waals surface area contributed by atoms with E-state index in [-0.39, 0.29) is 25.0 Å². The van der Waals surface area contributed by atoms with Gasteiger partial charge in [0.2, 0.25) is 0 Å². The smallest absolute Gasteiger partial charge is 0.186 e. The molecule has 0 aromatic heterocycles. The molecule has 2 heterocycles. The van der Waals surface area contributed by atoms with Crippen molar-refractivity contribution in [3.05, 3.63) is 0 Å². The van der Waals surface area contributed by atoms with Crippen molar-refractivity contribution in [1.82, 2.24) is 4.90 Å². The number of methoxy groups -OCH3 is 1. The lowest BCUT2D eigenvalue weighted by molar-refractivity contribution is -0.291. The second-order valence-corrected chi connectivity index (χ2v) is 6.32. The molecule has 0 aromatic carbocycles. The minimum Gasteiger partial charge on any atom is -0.389 e. The number of hydrogen-bond acceptors (Lipinski definition) is 9. The van der Waals surface area contributed by atoms with Crippen LogP contribution in [-0.2, 0) is 9.47 Å². The molecule has 24 heavy (non-hydrogen) atoms. The quantitative estimate of drug-likeness (QED) is 0.304. The number of β-amino-alcohol motifs (C(OH)–C–C–N with tert-alkyl or cyclic N) is 1. The van der Waals surface area contributed by atoms with Crippen molar-refractivity contribution >= 4 is 12.4 Å². The fourth-order valence-electron chi connectivity index (χ4n) is 3.18. The molecule has 0 saturated carbocycles. The van der Waals surface area contributed by atoms with E-state index in [1.807, 2.05) is 0 Å². The fraction of sp³-hybridized carbons (Fsp3) is 1.00. The monoisotopic (exact) mass is 373 g/mol. The Morgan fingerprint density at radius 2 is 1.58 bits per heavy atom. The molecule has 2 rings (SSSR count). The molecule has 0 radical (unpaired) electrons. The fourth-order valence-corrected chi connectivity index (χ4v) is 3.18. The average molecular weight is 374 g/mol. The Labute approximate surface area is 146 Å². The standard InChI is InChI=1S/C14H27NO8.ClH/c1-6-9(17)10(18)7(16)5-15(6)4-3-8-11(19)12(20)13(21)14(22-2)23-8;/h6-14,16-21H,3-5H2,1-2H3;1H/t6?,7-,8-,9-,10-,11-,12+,13-,14+;/m1./s1. The molecular formula is C14H28ClNO8. The molecule has 0 aliphatic carbocycles. The molecule has 6 N–H and O–H groups in total. The van der Waals surface area contributed by atoms with E-state index in [1.54, 1.807) is 11.8 Å². The van der Waals surface area contributed by atoms with Gasteiger partial charge in [-0.2, -0.15) is 0 Å². The zero-order chi connectivity index (χ0) is 17.3. The first kappa shape index (κ1) is 22.0. The third-order valence-corrected chi connectivity index (χ3v) is 4.84. The van der Waals surface area contributed by atoms with Gasteiger partial charge in [-0.25, -0.2) is 0 Å². The second kappa shape index (κ2) is 9.04. The summed E-state index contributed by atoms with van der Waals surface area (Å²) in [5.41, 5.74) is 0. The lowest BCUT2D eigenvalue weighted by Gasteiger charge is -2.44. The number of aliphatic hydroxyl groups is 6. The Hall–Kier alpha value is -0.0700. The second-order valence-electron chi connectivity index (χ2n) is 6.32. The van der Waals surface area contributed by atoms with E-state index in [2.05, 4.69) is 0 Å². The van der Waals surface area contributed by atoms with Gasteiger partial charge in [0.15, 0.2) is 6.29 Å². The number of likely N-dealkylation sites (tertiary alicyclic amines) is 1. The van der Waals surface area contributed by atoms with Gasteiger partial charge < -0.3 is 40.1 Å². The van der Waals surface area contributed by atoms with Crippen LogP contribution in [0.4, 0.5) is 0 Å². The molecule has 2 saturated heterocycles. The first-order chi connectivity index (χ1) is 10.8. The van der Waals surface area contributed by atoms with Crippen LogP contribution in [0.1, 0.15) is 13.3 Å². The average Bonchev–Trinajstić information content (AvgIpc) is 2.54. The number of halogens is 1. The summed E-state index contributed by atoms with van der Waals surface area (Å²) in [5.74, 6) is 0. The van der Waals surface area contributed by atoms with Crippen molar-refractivity contribution in [2.45, 2.75) is 68.4 Å². The molecule has 1 unspecified atom stereocenters. The van der Waals surface area contributed by atoms with Crippen LogP contribution in [0, 0.1) is 0 Å². The lowest BCUT2D eigenvalue weighted by Crippen LogP contribution is -2.61. The molecule has 0 bridgehead atoms. The van der Waals surface area contributed by atoms with Gasteiger partial charge in [-0.3, -0.25) is 4.90 Å². The zero-order valence-electron chi connectivity index (χ0n) is 13.7. The number of piperidine rings is 1. The van der Waals surface area contributed by atoms with Gasteiger partial charge in [0, 0.05) is 26.2 Å². The van der Waals surface area contributed by atoms with Gasteiger partial charge in [-0.15, -0.1) is 12.4 Å². The van der Waals surface area contributed by atoms with Gasteiger partial charge in [0.1, 0.15) is 24.4 Å². The number of hydrogen-bond donors (Lipinski definition) is 6. The maximum Gasteiger partial charge on any atom is 0.186 e. The summed E-state index contributed by atoms with van der Waals surface area (Å²) >= 11 is 0. The highest BCUT2D eigenvalue weighted by Gasteiger charge is 2.44. The Morgan fingerprint density at radius 1 is 0.958 bits per heavy atom. The van der Waals surface area contributed by atoms with Gasteiger partial charge in [-0.1, -0.05) is 0 Å². The molecule has 144 valence electrons. The molecule has 9 atom stereocenters. The van der Waals surface area contributed by atoms with Gasteiger partial charge >= 0.3 is 0 Å². The highest BCUT2D eigenvalue weighted by atomic mass is 35.5. The predicted molar refractivity (Wildman–Crippen MR) is 84.6 cm³/mol. The summed E-state index contributed by atoms with van der Waals surface area (Å²) in [7, 11) is 1.33. The number of aliphatic hydroxyl groups excluding tert-OH is 6. The van der Waals surface area contributed by atoms with Crippen molar-refractivity contribution in [2.24, 2.45) is 0 Å². The Kier molecular flexibility index (Phi) is 8.27. The lowest BCUT2D eigenvalue weighted by atomic mass is 9.93. The van der Waals surface area contributed by atoms with E-state index in [0.29, 0.717) is 13.0 Å². The first-order valence-electron chi connectivity index (χ1n) is 7.78. The van der Waals surface area contributed by atoms with Crippen LogP contribution in [0.3, 0.4) is 0 Å². The third kappa shape index (κ3) is 4.36. The van der Waals surface area contributed by atoms with E-state index < -0.39 is 49.0 Å². The van der Waals surface area contributed by atoms with Crippen molar-refractivity contribution < 1.29 is 40.1 Å². The van der Waals surface area contributed by atoms with Gasteiger partial charge in [0.25, 0.3) is 0 Å². The SMILES string of the molecule is CO[C@H]1O[C@H](CCN2C[C@@H](O)[C@@H](O)[C@H](O)C2C)[C@@H](O)[C@H](O)[C@H]1O.Cl. The molecule has 10 heteroatoms. The summed E-state index contributed by atoms with van der Waals surface area (Å²) in [6.07, 6.45) is -8.79. The summed E-state index contributed by atoms with van der Waals surface area (Å²) in [6, 6.07) is -0.372. The zero-order valence-corrected chi connectivity index (χ0v) is 14.5. The number of nitrogens with zero attached hydrogens (tertiary/aromatic N) is 1. The Morgan fingerprint density at radius 3 is 2.17 bits per heavy atom. The van der Waals surface area contributed by atoms with E-state index in [0.717, 1.165) is 0 Å². The maximum absolute atomic E-state index is 10.0. The number of rotatable bonds is 4. The molecule has 0 aromatic rings. The molecule has 9 nitrogen and oxygen atoms in total. The minimum absolute atomic E-state index is 0. The minimum atomic E-state index is -1.38. The summed E-state index contributed by atoms with van der Waals surface area (Å²) in [5, 5.41) is 58.9. The van der Waals surface area contributed by atoms with Crippen LogP contribution >= 0.6 is 12.4 Å². The molecule has 0 amide bonds. The van der Waals surface area contributed by atoms with Crippen LogP contribution in [0.15, 0.2) is 0 Å². The van der Waals surface area contributed by atoms with Crippen molar-refractivity contribution in [1.29, 1.82) is 0 Å².